The van der Waals surface area contributed by atoms with Crippen LogP contribution in [0.1, 0.15) is 22.7 Å². The van der Waals surface area contributed by atoms with Gasteiger partial charge in [0.05, 0.1) is 6.61 Å². The Morgan fingerprint density at radius 1 is 1.53 bits per heavy atom. The molecule has 1 saturated heterocycles. The van der Waals surface area contributed by atoms with E-state index in [9.17, 15) is 14.7 Å². The molecular formula is C12H15NO6. The third-order valence-corrected chi connectivity index (χ3v) is 2.96. The SMILES string of the molecule is COCc1ccc(C(=O)NC2(C(=O)O)CCOC2)o1. The molecule has 0 aromatic carbocycles. The summed E-state index contributed by atoms with van der Waals surface area (Å²) in [7, 11) is 1.51. The Bertz CT molecular complexity index is 474. The van der Waals surface area contributed by atoms with Gasteiger partial charge in [-0.05, 0) is 12.1 Å². The van der Waals surface area contributed by atoms with E-state index in [2.05, 4.69) is 5.32 Å². The summed E-state index contributed by atoms with van der Waals surface area (Å²) in [5.41, 5.74) is -1.37. The molecule has 0 radical (unpaired) electrons. The molecule has 1 aliphatic rings. The third kappa shape index (κ3) is 2.77. The van der Waals surface area contributed by atoms with Crippen LogP contribution < -0.4 is 5.32 Å². The number of hydrogen-bond acceptors (Lipinski definition) is 5. The van der Waals surface area contributed by atoms with Crippen molar-refractivity contribution in [3.63, 3.8) is 0 Å². The molecule has 1 unspecified atom stereocenters. The molecule has 0 saturated carbocycles. The Morgan fingerprint density at radius 2 is 2.32 bits per heavy atom. The summed E-state index contributed by atoms with van der Waals surface area (Å²) in [5, 5.41) is 11.7. The lowest BCUT2D eigenvalue weighted by atomic mass is 9.99. The van der Waals surface area contributed by atoms with E-state index in [0.29, 0.717) is 12.4 Å². The third-order valence-electron chi connectivity index (χ3n) is 2.96. The van der Waals surface area contributed by atoms with Gasteiger partial charge in [0.1, 0.15) is 12.4 Å². The maximum absolute atomic E-state index is 12.0. The molecule has 7 heteroatoms. The van der Waals surface area contributed by atoms with E-state index in [0.717, 1.165) is 0 Å². The Hall–Kier alpha value is -1.86. The zero-order valence-electron chi connectivity index (χ0n) is 10.5. The van der Waals surface area contributed by atoms with E-state index >= 15 is 0 Å². The van der Waals surface area contributed by atoms with Gasteiger partial charge in [0.15, 0.2) is 11.3 Å². The number of carboxylic acids is 1. The molecule has 1 aromatic heterocycles. The van der Waals surface area contributed by atoms with Gasteiger partial charge >= 0.3 is 5.97 Å². The number of amides is 1. The van der Waals surface area contributed by atoms with Gasteiger partial charge in [0, 0.05) is 20.1 Å². The molecule has 2 rings (SSSR count). The van der Waals surface area contributed by atoms with Crippen molar-refractivity contribution < 1.29 is 28.6 Å². The monoisotopic (exact) mass is 269 g/mol. The van der Waals surface area contributed by atoms with Crippen molar-refractivity contribution >= 4 is 11.9 Å². The first-order valence-corrected chi connectivity index (χ1v) is 5.79. The van der Waals surface area contributed by atoms with Gasteiger partial charge < -0.3 is 24.3 Å². The Balaban J connectivity index is 2.08. The van der Waals surface area contributed by atoms with Crippen LogP contribution in [0.25, 0.3) is 0 Å². The number of aliphatic carboxylic acids is 1. The lowest BCUT2D eigenvalue weighted by Crippen LogP contribution is -2.55. The van der Waals surface area contributed by atoms with Gasteiger partial charge in [-0.3, -0.25) is 4.79 Å². The Morgan fingerprint density at radius 3 is 2.89 bits per heavy atom. The van der Waals surface area contributed by atoms with Gasteiger partial charge in [-0.15, -0.1) is 0 Å². The minimum Gasteiger partial charge on any atom is -0.479 e. The van der Waals surface area contributed by atoms with Crippen molar-refractivity contribution in [2.24, 2.45) is 0 Å². The number of nitrogens with one attached hydrogen (secondary N) is 1. The van der Waals surface area contributed by atoms with Crippen LogP contribution in [-0.2, 0) is 20.9 Å². The predicted octanol–water partition coefficient (Wildman–Crippen LogP) is 0.399. The summed E-state index contributed by atoms with van der Waals surface area (Å²) in [6.07, 6.45) is 0.236. The van der Waals surface area contributed by atoms with Gasteiger partial charge in [-0.2, -0.15) is 0 Å². The van der Waals surface area contributed by atoms with Crippen molar-refractivity contribution in [2.75, 3.05) is 20.3 Å². The molecule has 1 amide bonds. The van der Waals surface area contributed by atoms with Crippen LogP contribution in [0.3, 0.4) is 0 Å². The second-order valence-electron chi connectivity index (χ2n) is 4.34. The average molecular weight is 269 g/mol. The van der Waals surface area contributed by atoms with E-state index in [4.69, 9.17) is 13.9 Å². The first kappa shape index (κ1) is 13.6. The highest BCUT2D eigenvalue weighted by atomic mass is 16.5. The molecule has 1 aromatic rings. The summed E-state index contributed by atoms with van der Waals surface area (Å²) >= 11 is 0. The van der Waals surface area contributed by atoms with E-state index in [1.807, 2.05) is 0 Å². The summed E-state index contributed by atoms with van der Waals surface area (Å²) in [4.78, 5) is 23.2. The fraction of sp³-hybridized carbons (Fsp3) is 0.500. The molecule has 2 N–H and O–H groups in total. The van der Waals surface area contributed by atoms with Crippen molar-refractivity contribution in [3.8, 4) is 0 Å². The number of ether oxygens (including phenoxy) is 2. The summed E-state index contributed by atoms with van der Waals surface area (Å²) in [5.74, 6) is -1.13. The molecule has 104 valence electrons. The average Bonchev–Trinajstić information content (AvgIpc) is 2.99. The zero-order chi connectivity index (χ0) is 13.9. The minimum atomic E-state index is -1.37. The highest BCUT2D eigenvalue weighted by Crippen LogP contribution is 2.20. The van der Waals surface area contributed by atoms with Gasteiger partial charge in [0.2, 0.25) is 0 Å². The van der Waals surface area contributed by atoms with Crippen molar-refractivity contribution in [1.29, 1.82) is 0 Å². The number of methoxy groups -OCH3 is 1. The highest BCUT2D eigenvalue weighted by molar-refractivity contribution is 5.96. The molecule has 0 spiro atoms. The maximum Gasteiger partial charge on any atom is 0.331 e. The van der Waals surface area contributed by atoms with Crippen LogP contribution in [-0.4, -0.2) is 42.8 Å². The van der Waals surface area contributed by atoms with Crippen LogP contribution in [0.15, 0.2) is 16.5 Å². The first-order valence-electron chi connectivity index (χ1n) is 5.79. The molecule has 7 nitrogen and oxygen atoms in total. The van der Waals surface area contributed by atoms with Crippen LogP contribution in [0, 0.1) is 0 Å². The molecule has 1 fully saturated rings. The number of carbonyl (C=O) groups excluding carboxylic acids is 1. The molecule has 0 bridgehead atoms. The molecule has 2 heterocycles. The Labute approximate surface area is 109 Å². The number of carboxylic acid groups (broad SMARTS) is 1. The largest absolute Gasteiger partial charge is 0.479 e. The summed E-state index contributed by atoms with van der Waals surface area (Å²) in [6, 6.07) is 3.09. The molecule has 1 aliphatic heterocycles. The van der Waals surface area contributed by atoms with E-state index in [1.165, 1.54) is 13.2 Å². The van der Waals surface area contributed by atoms with Crippen molar-refractivity contribution in [1.82, 2.24) is 5.32 Å². The number of hydrogen-bond donors (Lipinski definition) is 2. The summed E-state index contributed by atoms with van der Waals surface area (Å²) in [6.45, 7) is 0.514. The molecular weight excluding hydrogens is 254 g/mol. The second kappa shape index (κ2) is 5.41. The fourth-order valence-electron chi connectivity index (χ4n) is 1.88. The molecule has 0 aliphatic carbocycles. The normalized spacial score (nSPS) is 22.4. The van der Waals surface area contributed by atoms with Crippen LogP contribution in [0.4, 0.5) is 0 Å². The first-order chi connectivity index (χ1) is 9.07. The predicted molar refractivity (Wildman–Crippen MR) is 62.7 cm³/mol. The van der Waals surface area contributed by atoms with Gasteiger partial charge in [0.25, 0.3) is 5.91 Å². The maximum atomic E-state index is 12.0. The number of rotatable bonds is 5. The smallest absolute Gasteiger partial charge is 0.331 e. The number of carbonyl (C=O) groups is 2. The highest BCUT2D eigenvalue weighted by Gasteiger charge is 2.44. The Kier molecular flexibility index (Phi) is 3.87. The second-order valence-corrected chi connectivity index (χ2v) is 4.34. The van der Waals surface area contributed by atoms with Crippen LogP contribution in [0.2, 0.25) is 0 Å². The van der Waals surface area contributed by atoms with Crippen molar-refractivity contribution in [2.45, 2.75) is 18.6 Å². The van der Waals surface area contributed by atoms with Crippen LogP contribution in [0.5, 0.6) is 0 Å². The lowest BCUT2D eigenvalue weighted by molar-refractivity contribution is -0.144. The van der Waals surface area contributed by atoms with E-state index in [1.54, 1.807) is 6.07 Å². The molecule has 19 heavy (non-hydrogen) atoms. The molecule has 1 atom stereocenters. The summed E-state index contributed by atoms with van der Waals surface area (Å²) < 4.78 is 15.2. The fourth-order valence-corrected chi connectivity index (χ4v) is 1.88. The quantitative estimate of drug-likeness (QED) is 0.803. The van der Waals surface area contributed by atoms with E-state index in [-0.39, 0.29) is 25.4 Å². The number of furan rings is 1. The van der Waals surface area contributed by atoms with Gasteiger partial charge in [-0.25, -0.2) is 4.79 Å². The zero-order valence-corrected chi connectivity index (χ0v) is 10.5. The van der Waals surface area contributed by atoms with E-state index < -0.39 is 17.4 Å². The lowest BCUT2D eigenvalue weighted by Gasteiger charge is -2.22. The standard InChI is InChI=1S/C12H15NO6/c1-17-6-8-2-3-9(19-8)10(14)13-12(11(15)16)4-5-18-7-12/h2-3H,4-7H2,1H3,(H,13,14)(H,15,16). The van der Waals surface area contributed by atoms with Gasteiger partial charge in [-0.1, -0.05) is 0 Å². The topological polar surface area (TPSA) is 98.0 Å². The van der Waals surface area contributed by atoms with Crippen molar-refractivity contribution in [3.05, 3.63) is 23.7 Å². The van der Waals surface area contributed by atoms with Crippen LogP contribution >= 0.6 is 0 Å². The minimum absolute atomic E-state index is 0.0420.